The van der Waals surface area contributed by atoms with E-state index in [-0.39, 0.29) is 6.42 Å². The standard InChI is InChI=1S/C10H8ClN3OS/c11-7-4-2-1-3-6(7)10-8(5-9(12)15)13-16-14-10/h1-4H,5H2,(H2,12,15). The van der Waals surface area contributed by atoms with E-state index in [2.05, 4.69) is 8.75 Å². The molecule has 1 aromatic heterocycles. The third kappa shape index (κ3) is 2.20. The highest BCUT2D eigenvalue weighted by Gasteiger charge is 2.14. The molecule has 0 saturated heterocycles. The fourth-order valence-electron chi connectivity index (χ4n) is 1.35. The molecule has 82 valence electrons. The number of nitrogens with zero attached hydrogens (tertiary/aromatic N) is 2. The van der Waals surface area contributed by atoms with Gasteiger partial charge in [0.15, 0.2) is 0 Å². The predicted molar refractivity (Wildman–Crippen MR) is 63.3 cm³/mol. The molecule has 1 aromatic carbocycles. The highest BCUT2D eigenvalue weighted by atomic mass is 35.5. The van der Waals surface area contributed by atoms with Gasteiger partial charge >= 0.3 is 0 Å². The first-order valence-electron chi connectivity index (χ1n) is 4.53. The molecule has 4 nitrogen and oxygen atoms in total. The van der Waals surface area contributed by atoms with Gasteiger partial charge in [-0.25, -0.2) is 0 Å². The average Bonchev–Trinajstić information content (AvgIpc) is 2.66. The Kier molecular flexibility index (Phi) is 3.17. The first-order chi connectivity index (χ1) is 7.68. The molecule has 0 unspecified atom stereocenters. The molecule has 2 rings (SSSR count). The van der Waals surface area contributed by atoms with Crippen LogP contribution in [0.2, 0.25) is 5.02 Å². The number of aromatic nitrogens is 2. The zero-order valence-electron chi connectivity index (χ0n) is 8.18. The summed E-state index contributed by atoms with van der Waals surface area (Å²) in [7, 11) is 0. The normalized spacial score (nSPS) is 10.3. The van der Waals surface area contributed by atoms with Crippen LogP contribution < -0.4 is 5.73 Å². The van der Waals surface area contributed by atoms with Crippen LogP contribution in [0.1, 0.15) is 5.69 Å². The third-order valence-electron chi connectivity index (χ3n) is 2.03. The van der Waals surface area contributed by atoms with Crippen molar-refractivity contribution in [2.45, 2.75) is 6.42 Å². The van der Waals surface area contributed by atoms with E-state index in [1.807, 2.05) is 18.2 Å². The van der Waals surface area contributed by atoms with Gasteiger partial charge in [-0.05, 0) is 6.07 Å². The maximum atomic E-state index is 10.9. The molecule has 0 bridgehead atoms. The number of rotatable bonds is 3. The summed E-state index contributed by atoms with van der Waals surface area (Å²) < 4.78 is 8.18. The topological polar surface area (TPSA) is 68.9 Å². The Hall–Kier alpha value is -1.46. The zero-order chi connectivity index (χ0) is 11.5. The van der Waals surface area contributed by atoms with Crippen molar-refractivity contribution in [3.63, 3.8) is 0 Å². The Morgan fingerprint density at radius 3 is 2.81 bits per heavy atom. The molecular weight excluding hydrogens is 246 g/mol. The monoisotopic (exact) mass is 253 g/mol. The number of nitrogens with two attached hydrogens (primary N) is 1. The molecule has 2 N–H and O–H groups in total. The van der Waals surface area contributed by atoms with Crippen molar-refractivity contribution in [2.75, 3.05) is 0 Å². The fraction of sp³-hybridized carbons (Fsp3) is 0.100. The Morgan fingerprint density at radius 2 is 2.12 bits per heavy atom. The van der Waals surface area contributed by atoms with Gasteiger partial charge in [0.1, 0.15) is 5.69 Å². The largest absolute Gasteiger partial charge is 0.369 e. The van der Waals surface area contributed by atoms with E-state index >= 15 is 0 Å². The Balaban J connectivity index is 2.45. The van der Waals surface area contributed by atoms with Crippen LogP contribution in [0.5, 0.6) is 0 Å². The fourth-order valence-corrected chi connectivity index (χ4v) is 2.15. The number of carbonyl (C=O) groups excluding carboxylic acids is 1. The van der Waals surface area contributed by atoms with Gasteiger partial charge in [0, 0.05) is 5.56 Å². The molecule has 0 spiro atoms. The van der Waals surface area contributed by atoms with Crippen molar-refractivity contribution >= 4 is 29.2 Å². The van der Waals surface area contributed by atoms with Gasteiger partial charge in [0.05, 0.1) is 28.9 Å². The van der Waals surface area contributed by atoms with Gasteiger partial charge in [0.2, 0.25) is 5.91 Å². The van der Waals surface area contributed by atoms with E-state index in [4.69, 9.17) is 17.3 Å². The first-order valence-corrected chi connectivity index (χ1v) is 5.64. The molecule has 0 saturated carbocycles. The van der Waals surface area contributed by atoms with E-state index < -0.39 is 5.91 Å². The average molecular weight is 254 g/mol. The molecule has 16 heavy (non-hydrogen) atoms. The SMILES string of the molecule is NC(=O)Cc1nsnc1-c1ccccc1Cl. The molecule has 0 aliphatic carbocycles. The predicted octanol–water partition coefficient (Wildman–Crippen LogP) is 1.89. The summed E-state index contributed by atoms with van der Waals surface area (Å²) in [4.78, 5) is 10.9. The minimum atomic E-state index is -0.430. The van der Waals surface area contributed by atoms with Crippen LogP contribution >= 0.6 is 23.3 Å². The molecular formula is C10H8ClN3OS. The van der Waals surface area contributed by atoms with Gasteiger partial charge in [-0.3, -0.25) is 4.79 Å². The number of carbonyl (C=O) groups is 1. The molecule has 0 fully saturated rings. The van der Waals surface area contributed by atoms with Gasteiger partial charge in [-0.2, -0.15) is 8.75 Å². The van der Waals surface area contributed by atoms with E-state index in [9.17, 15) is 4.79 Å². The van der Waals surface area contributed by atoms with Crippen LogP contribution in [0.25, 0.3) is 11.3 Å². The molecule has 0 atom stereocenters. The van der Waals surface area contributed by atoms with Gasteiger partial charge in [-0.15, -0.1) is 0 Å². The summed E-state index contributed by atoms with van der Waals surface area (Å²) in [5, 5.41) is 0.584. The minimum Gasteiger partial charge on any atom is -0.369 e. The Labute approximate surface area is 101 Å². The van der Waals surface area contributed by atoms with Crippen LogP contribution in [0.4, 0.5) is 0 Å². The maximum Gasteiger partial charge on any atom is 0.223 e. The lowest BCUT2D eigenvalue weighted by atomic mass is 10.1. The second-order valence-electron chi connectivity index (χ2n) is 3.18. The van der Waals surface area contributed by atoms with E-state index in [0.29, 0.717) is 16.4 Å². The summed E-state index contributed by atoms with van der Waals surface area (Å²) in [5.41, 5.74) is 7.11. The van der Waals surface area contributed by atoms with Crippen LogP contribution in [0.15, 0.2) is 24.3 Å². The van der Waals surface area contributed by atoms with Crippen LogP contribution in [-0.2, 0) is 11.2 Å². The van der Waals surface area contributed by atoms with Crippen LogP contribution in [0.3, 0.4) is 0 Å². The second kappa shape index (κ2) is 4.59. The highest BCUT2D eigenvalue weighted by Crippen LogP contribution is 2.28. The number of primary amides is 1. The molecule has 1 amide bonds. The van der Waals surface area contributed by atoms with Crippen LogP contribution in [-0.4, -0.2) is 14.7 Å². The summed E-state index contributed by atoms with van der Waals surface area (Å²) in [6.07, 6.45) is 0.0804. The summed E-state index contributed by atoms with van der Waals surface area (Å²) in [6.45, 7) is 0. The summed E-state index contributed by atoms with van der Waals surface area (Å²) >= 11 is 7.09. The van der Waals surface area contributed by atoms with Crippen molar-refractivity contribution in [1.29, 1.82) is 0 Å². The van der Waals surface area contributed by atoms with Crippen LogP contribution in [0, 0.1) is 0 Å². The molecule has 6 heteroatoms. The molecule has 2 aromatic rings. The summed E-state index contributed by atoms with van der Waals surface area (Å²) in [6, 6.07) is 7.29. The molecule has 0 aliphatic heterocycles. The van der Waals surface area contributed by atoms with Crippen molar-refractivity contribution < 1.29 is 4.79 Å². The van der Waals surface area contributed by atoms with Crippen molar-refractivity contribution in [3.8, 4) is 11.3 Å². The maximum absolute atomic E-state index is 10.9. The minimum absolute atomic E-state index is 0.0804. The zero-order valence-corrected chi connectivity index (χ0v) is 9.76. The van der Waals surface area contributed by atoms with Gasteiger partial charge in [0.25, 0.3) is 0 Å². The number of amides is 1. The Bertz CT molecular complexity index is 526. The number of halogens is 1. The first kappa shape index (κ1) is 11.0. The lowest BCUT2D eigenvalue weighted by Gasteiger charge is -2.01. The Morgan fingerprint density at radius 1 is 1.38 bits per heavy atom. The number of benzene rings is 1. The quantitative estimate of drug-likeness (QED) is 0.908. The lowest BCUT2D eigenvalue weighted by molar-refractivity contribution is -0.117. The number of hydrogen-bond donors (Lipinski definition) is 1. The molecule has 1 heterocycles. The van der Waals surface area contributed by atoms with Gasteiger partial charge in [-0.1, -0.05) is 29.8 Å². The molecule has 0 radical (unpaired) electrons. The van der Waals surface area contributed by atoms with E-state index in [1.165, 1.54) is 0 Å². The van der Waals surface area contributed by atoms with E-state index in [1.54, 1.807) is 6.07 Å². The van der Waals surface area contributed by atoms with E-state index in [0.717, 1.165) is 17.3 Å². The van der Waals surface area contributed by atoms with Crippen molar-refractivity contribution in [3.05, 3.63) is 35.0 Å². The van der Waals surface area contributed by atoms with Gasteiger partial charge < -0.3 is 5.73 Å². The number of hydrogen-bond acceptors (Lipinski definition) is 4. The second-order valence-corrected chi connectivity index (χ2v) is 4.12. The highest BCUT2D eigenvalue weighted by molar-refractivity contribution is 6.99. The molecule has 0 aliphatic rings. The van der Waals surface area contributed by atoms with Crippen molar-refractivity contribution in [1.82, 2.24) is 8.75 Å². The van der Waals surface area contributed by atoms with Crippen molar-refractivity contribution in [2.24, 2.45) is 5.73 Å². The lowest BCUT2D eigenvalue weighted by Crippen LogP contribution is -2.14. The smallest absolute Gasteiger partial charge is 0.223 e. The summed E-state index contributed by atoms with van der Waals surface area (Å²) in [5.74, 6) is -0.430. The third-order valence-corrected chi connectivity index (χ3v) is 2.92.